The molecule has 0 aliphatic rings. The summed E-state index contributed by atoms with van der Waals surface area (Å²) in [5, 5.41) is 2.90. The summed E-state index contributed by atoms with van der Waals surface area (Å²) in [6.07, 6.45) is 0.0474. The Morgan fingerprint density at radius 3 is 2.04 bits per heavy atom. The van der Waals surface area contributed by atoms with Gasteiger partial charge >= 0.3 is 0 Å². The van der Waals surface area contributed by atoms with Gasteiger partial charge in [0.15, 0.2) is 6.10 Å². The molecule has 2 rings (SSSR count). The van der Waals surface area contributed by atoms with Gasteiger partial charge in [0.2, 0.25) is 0 Å². The van der Waals surface area contributed by atoms with E-state index in [1.165, 1.54) is 5.56 Å². The largest absolute Gasteiger partial charge is 0.494 e. The van der Waals surface area contributed by atoms with Crippen molar-refractivity contribution in [2.45, 2.75) is 52.6 Å². The molecule has 4 heteroatoms. The lowest BCUT2D eigenvalue weighted by molar-refractivity contribution is -0.122. The number of rotatable bonds is 7. The molecule has 0 aliphatic heterocycles. The van der Waals surface area contributed by atoms with Crippen molar-refractivity contribution in [3.8, 4) is 11.5 Å². The van der Waals surface area contributed by atoms with Crippen molar-refractivity contribution in [3.05, 3.63) is 54.1 Å². The molecule has 4 nitrogen and oxygen atoms in total. The highest BCUT2D eigenvalue weighted by atomic mass is 16.5. The molecule has 1 amide bonds. The smallest absolute Gasteiger partial charge is 0.265 e. The van der Waals surface area contributed by atoms with Crippen LogP contribution in [-0.4, -0.2) is 18.6 Å². The van der Waals surface area contributed by atoms with E-state index in [9.17, 15) is 4.79 Å². The first-order valence-electron chi connectivity index (χ1n) is 9.14. The van der Waals surface area contributed by atoms with Crippen molar-refractivity contribution in [2.75, 3.05) is 11.9 Å². The second kappa shape index (κ2) is 8.75. The molecule has 0 aliphatic carbocycles. The molecule has 0 radical (unpaired) electrons. The lowest BCUT2D eigenvalue weighted by atomic mass is 9.87. The highest BCUT2D eigenvalue weighted by molar-refractivity contribution is 5.94. The molecular formula is C22H29NO3. The van der Waals surface area contributed by atoms with Crippen LogP contribution < -0.4 is 14.8 Å². The zero-order valence-corrected chi connectivity index (χ0v) is 16.3. The summed E-state index contributed by atoms with van der Waals surface area (Å²) >= 11 is 0. The van der Waals surface area contributed by atoms with Gasteiger partial charge in [-0.25, -0.2) is 0 Å². The van der Waals surface area contributed by atoms with Crippen LogP contribution in [0.25, 0.3) is 0 Å². The molecule has 1 N–H and O–H groups in total. The quantitative estimate of drug-likeness (QED) is 0.744. The van der Waals surface area contributed by atoms with Gasteiger partial charge in [0.1, 0.15) is 11.5 Å². The number of ether oxygens (including phenoxy) is 2. The molecule has 1 atom stereocenters. The molecular weight excluding hydrogens is 326 g/mol. The first-order chi connectivity index (χ1) is 12.3. The van der Waals surface area contributed by atoms with E-state index in [0.717, 1.165) is 11.4 Å². The van der Waals surface area contributed by atoms with Crippen LogP contribution in [-0.2, 0) is 10.2 Å². The zero-order valence-electron chi connectivity index (χ0n) is 16.3. The van der Waals surface area contributed by atoms with Crippen LogP contribution in [0.2, 0.25) is 0 Å². The van der Waals surface area contributed by atoms with Crippen LogP contribution in [0.5, 0.6) is 11.5 Å². The topological polar surface area (TPSA) is 47.6 Å². The highest BCUT2D eigenvalue weighted by Gasteiger charge is 2.19. The number of carbonyl (C=O) groups is 1. The second-order valence-corrected chi connectivity index (χ2v) is 7.24. The average molecular weight is 355 g/mol. The minimum Gasteiger partial charge on any atom is -0.494 e. The Balaban J connectivity index is 1.99. The van der Waals surface area contributed by atoms with Crippen LogP contribution >= 0.6 is 0 Å². The number of benzene rings is 2. The highest BCUT2D eigenvalue weighted by Crippen LogP contribution is 2.25. The summed E-state index contributed by atoms with van der Waals surface area (Å²) in [5.41, 5.74) is 2.05. The SMILES string of the molecule is CCOc1ccc(NC(=O)[C@H](CC)Oc2ccc(C(C)(C)C)cc2)cc1. The molecule has 26 heavy (non-hydrogen) atoms. The van der Waals surface area contributed by atoms with E-state index in [1.54, 1.807) is 0 Å². The fraction of sp³-hybridized carbons (Fsp3) is 0.409. The normalized spacial score (nSPS) is 12.3. The third-order valence-electron chi connectivity index (χ3n) is 4.09. The summed E-state index contributed by atoms with van der Waals surface area (Å²) < 4.78 is 11.3. The number of hydrogen-bond donors (Lipinski definition) is 1. The standard InChI is InChI=1S/C22H29NO3/c1-6-20(26-19-12-8-16(9-13-19)22(3,4)5)21(24)23-17-10-14-18(15-11-17)25-7-2/h8-15,20H,6-7H2,1-5H3,(H,23,24)/t20-/m0/s1. The molecule has 0 saturated heterocycles. The number of carbonyl (C=O) groups excluding carboxylic acids is 1. The summed E-state index contributed by atoms with van der Waals surface area (Å²) in [7, 11) is 0. The monoisotopic (exact) mass is 355 g/mol. The molecule has 0 saturated carbocycles. The lowest BCUT2D eigenvalue weighted by Crippen LogP contribution is -2.32. The van der Waals surface area contributed by atoms with E-state index in [1.807, 2.05) is 62.4 Å². The lowest BCUT2D eigenvalue weighted by Gasteiger charge is -2.21. The fourth-order valence-electron chi connectivity index (χ4n) is 2.54. The Labute approximate surface area is 156 Å². The molecule has 0 spiro atoms. The number of anilines is 1. The fourth-order valence-corrected chi connectivity index (χ4v) is 2.54. The summed E-state index contributed by atoms with van der Waals surface area (Å²) in [4.78, 5) is 12.5. The van der Waals surface area contributed by atoms with Gasteiger partial charge in [-0.1, -0.05) is 39.8 Å². The Kier molecular flexibility index (Phi) is 6.67. The maximum atomic E-state index is 12.5. The van der Waals surface area contributed by atoms with E-state index < -0.39 is 6.10 Å². The first kappa shape index (κ1) is 19.8. The maximum Gasteiger partial charge on any atom is 0.265 e. The van der Waals surface area contributed by atoms with Gasteiger partial charge in [-0.3, -0.25) is 4.79 Å². The minimum atomic E-state index is -0.540. The van der Waals surface area contributed by atoms with Gasteiger partial charge in [0.05, 0.1) is 6.61 Å². The number of hydrogen-bond acceptors (Lipinski definition) is 3. The van der Waals surface area contributed by atoms with E-state index >= 15 is 0 Å². The Morgan fingerprint density at radius 2 is 1.54 bits per heavy atom. The van der Waals surface area contributed by atoms with Gasteiger partial charge in [-0.05, 0) is 60.7 Å². The number of amides is 1. The molecule has 0 heterocycles. The molecule has 0 unspecified atom stereocenters. The van der Waals surface area contributed by atoms with Crippen LogP contribution in [0.1, 0.15) is 46.6 Å². The van der Waals surface area contributed by atoms with Crippen molar-refractivity contribution in [2.24, 2.45) is 0 Å². The Morgan fingerprint density at radius 1 is 0.962 bits per heavy atom. The molecule has 0 aromatic heterocycles. The predicted molar refractivity (Wildman–Crippen MR) is 106 cm³/mol. The Hall–Kier alpha value is -2.49. The summed E-state index contributed by atoms with van der Waals surface area (Å²) in [5.74, 6) is 1.33. The average Bonchev–Trinajstić information content (AvgIpc) is 2.61. The molecule has 2 aromatic carbocycles. The van der Waals surface area contributed by atoms with Crippen molar-refractivity contribution < 1.29 is 14.3 Å². The Bertz CT molecular complexity index is 700. The van der Waals surface area contributed by atoms with E-state index in [4.69, 9.17) is 9.47 Å². The molecule has 2 aromatic rings. The molecule has 0 bridgehead atoms. The van der Waals surface area contributed by atoms with E-state index in [2.05, 4.69) is 26.1 Å². The third kappa shape index (κ3) is 5.51. The molecule has 0 fully saturated rings. The van der Waals surface area contributed by atoms with E-state index in [-0.39, 0.29) is 11.3 Å². The van der Waals surface area contributed by atoms with Crippen molar-refractivity contribution >= 4 is 11.6 Å². The van der Waals surface area contributed by atoms with Gasteiger partial charge in [0, 0.05) is 5.69 Å². The zero-order chi connectivity index (χ0) is 19.2. The van der Waals surface area contributed by atoms with Crippen LogP contribution in [0.4, 0.5) is 5.69 Å². The maximum absolute atomic E-state index is 12.5. The van der Waals surface area contributed by atoms with Crippen molar-refractivity contribution in [3.63, 3.8) is 0 Å². The first-order valence-corrected chi connectivity index (χ1v) is 9.14. The van der Waals surface area contributed by atoms with Gasteiger partial charge in [-0.15, -0.1) is 0 Å². The van der Waals surface area contributed by atoms with Crippen LogP contribution in [0.3, 0.4) is 0 Å². The van der Waals surface area contributed by atoms with Gasteiger partial charge in [-0.2, -0.15) is 0 Å². The van der Waals surface area contributed by atoms with Gasteiger partial charge in [0.25, 0.3) is 5.91 Å². The number of nitrogens with one attached hydrogen (secondary N) is 1. The third-order valence-corrected chi connectivity index (χ3v) is 4.09. The van der Waals surface area contributed by atoms with Crippen LogP contribution in [0.15, 0.2) is 48.5 Å². The van der Waals surface area contributed by atoms with Crippen LogP contribution in [0, 0.1) is 0 Å². The molecule has 140 valence electrons. The van der Waals surface area contributed by atoms with Crippen molar-refractivity contribution in [1.29, 1.82) is 0 Å². The minimum absolute atomic E-state index is 0.0910. The van der Waals surface area contributed by atoms with Crippen molar-refractivity contribution in [1.82, 2.24) is 0 Å². The second-order valence-electron chi connectivity index (χ2n) is 7.24. The summed E-state index contributed by atoms with van der Waals surface area (Å²) in [6.45, 7) is 11.0. The van der Waals surface area contributed by atoms with Gasteiger partial charge < -0.3 is 14.8 Å². The predicted octanol–water partition coefficient (Wildman–Crippen LogP) is 5.18. The summed E-state index contributed by atoms with van der Waals surface area (Å²) in [6, 6.07) is 15.3. The van der Waals surface area contributed by atoms with E-state index in [0.29, 0.717) is 18.8 Å².